The van der Waals surface area contributed by atoms with Crippen molar-refractivity contribution in [1.82, 2.24) is 4.98 Å². The Morgan fingerprint density at radius 1 is 1.30 bits per heavy atom. The Bertz CT molecular complexity index is 657. The lowest BCUT2D eigenvalue weighted by Gasteiger charge is -1.95. The van der Waals surface area contributed by atoms with E-state index < -0.39 is 17.5 Å². The van der Waals surface area contributed by atoms with E-state index in [1.807, 2.05) is 12.1 Å². The zero-order valence-electron chi connectivity index (χ0n) is 10.3. The number of nitrogens with zero attached hydrogens (tertiary/aromatic N) is 1. The van der Waals surface area contributed by atoms with Gasteiger partial charge in [-0.25, -0.2) is 4.79 Å². The molecule has 102 valence electrons. The monoisotopic (exact) mass is 273 g/mol. The van der Waals surface area contributed by atoms with E-state index in [2.05, 4.69) is 4.98 Å². The number of carbonyl (C=O) groups excluding carboxylic acids is 1. The molecule has 0 amide bonds. The van der Waals surface area contributed by atoms with Gasteiger partial charge in [0.2, 0.25) is 11.5 Å². The lowest BCUT2D eigenvalue weighted by molar-refractivity contribution is -0.135. The van der Waals surface area contributed by atoms with Gasteiger partial charge in [0.05, 0.1) is 6.26 Å². The first-order valence-corrected chi connectivity index (χ1v) is 5.72. The third-order valence-corrected chi connectivity index (χ3v) is 2.49. The van der Waals surface area contributed by atoms with Gasteiger partial charge in [-0.2, -0.15) is 0 Å². The molecule has 0 fully saturated rings. The average Bonchev–Trinajstić information content (AvgIpc) is 2.88. The van der Waals surface area contributed by atoms with E-state index in [4.69, 9.17) is 14.6 Å². The lowest BCUT2D eigenvalue weighted by Crippen LogP contribution is -2.03. The van der Waals surface area contributed by atoms with E-state index in [1.165, 1.54) is 12.3 Å². The van der Waals surface area contributed by atoms with Crippen molar-refractivity contribution < 1.29 is 24.2 Å². The fourth-order valence-corrected chi connectivity index (χ4v) is 1.57. The van der Waals surface area contributed by atoms with Crippen molar-refractivity contribution in [3.63, 3.8) is 0 Å². The Kier molecular flexibility index (Phi) is 3.95. The predicted octanol–water partition coefficient (Wildman–Crippen LogP) is 1.97. The Hall–Kier alpha value is -2.89. The van der Waals surface area contributed by atoms with Gasteiger partial charge in [-0.05, 0) is 23.8 Å². The molecular weight excluding hydrogens is 262 g/mol. The molecule has 0 saturated heterocycles. The number of carboxylic acids is 1. The van der Waals surface area contributed by atoms with Gasteiger partial charge in [0.15, 0.2) is 5.76 Å². The molecule has 0 radical (unpaired) electrons. The third-order valence-electron chi connectivity index (χ3n) is 2.49. The molecule has 2 aromatic heterocycles. The summed E-state index contributed by atoms with van der Waals surface area (Å²) in [7, 11) is 0. The fraction of sp³-hybridized carbons (Fsp3) is 0.0714. The van der Waals surface area contributed by atoms with Crippen LogP contribution in [-0.4, -0.2) is 26.9 Å². The van der Waals surface area contributed by atoms with Crippen molar-refractivity contribution in [2.45, 2.75) is 6.42 Å². The minimum Gasteiger partial charge on any atom is -0.502 e. The molecule has 0 bridgehead atoms. The van der Waals surface area contributed by atoms with Gasteiger partial charge < -0.3 is 14.6 Å². The van der Waals surface area contributed by atoms with E-state index in [-0.39, 0.29) is 5.76 Å². The molecule has 2 aromatic rings. The molecule has 2 rings (SSSR count). The number of rotatable bonds is 5. The quantitative estimate of drug-likeness (QED) is 0.490. The summed E-state index contributed by atoms with van der Waals surface area (Å²) in [5, 5.41) is 17.5. The van der Waals surface area contributed by atoms with Crippen molar-refractivity contribution in [1.29, 1.82) is 0 Å². The van der Waals surface area contributed by atoms with Crippen LogP contribution in [0, 0.1) is 0 Å². The molecule has 0 aliphatic heterocycles. The van der Waals surface area contributed by atoms with Crippen LogP contribution in [-0.2, 0) is 11.2 Å². The number of pyridine rings is 1. The summed E-state index contributed by atoms with van der Waals surface area (Å²) in [5.41, 5.74) is 1.55. The molecule has 20 heavy (non-hydrogen) atoms. The second kappa shape index (κ2) is 5.83. The normalized spacial score (nSPS) is 11.3. The molecule has 2 N–H and O–H groups in total. The van der Waals surface area contributed by atoms with Gasteiger partial charge in [-0.15, -0.1) is 0 Å². The van der Waals surface area contributed by atoms with Gasteiger partial charge >= 0.3 is 5.97 Å². The lowest BCUT2D eigenvalue weighted by atomic mass is 10.1. The van der Waals surface area contributed by atoms with Crippen molar-refractivity contribution in [3.8, 4) is 0 Å². The molecule has 0 atom stereocenters. The number of furan rings is 1. The predicted molar refractivity (Wildman–Crippen MR) is 68.4 cm³/mol. The van der Waals surface area contributed by atoms with Crippen LogP contribution in [0.3, 0.4) is 0 Å². The average molecular weight is 273 g/mol. The highest BCUT2D eigenvalue weighted by molar-refractivity contribution is 6.06. The van der Waals surface area contributed by atoms with E-state index in [0.29, 0.717) is 12.5 Å². The summed E-state index contributed by atoms with van der Waals surface area (Å²) in [4.78, 5) is 26.2. The number of ketones is 1. The smallest absolute Gasteiger partial charge is 0.371 e. The van der Waals surface area contributed by atoms with Crippen LogP contribution in [0.1, 0.15) is 21.8 Å². The standard InChI is InChI=1S/C14H11NO5/c16-11(7-12(17)14(18)19)13-6-9(8-20-13)5-10-3-1-2-4-15-10/h1-4,6-8,17H,5H2,(H,18,19). The number of aliphatic hydroxyl groups is 1. The van der Waals surface area contributed by atoms with Crippen molar-refractivity contribution in [2.24, 2.45) is 0 Å². The van der Waals surface area contributed by atoms with E-state index in [0.717, 1.165) is 11.3 Å². The van der Waals surface area contributed by atoms with Crippen molar-refractivity contribution >= 4 is 11.8 Å². The fourth-order valence-electron chi connectivity index (χ4n) is 1.57. The maximum absolute atomic E-state index is 11.6. The van der Waals surface area contributed by atoms with Crippen LogP contribution in [0.2, 0.25) is 0 Å². The molecular formula is C14H11NO5. The van der Waals surface area contributed by atoms with Crippen LogP contribution in [0.4, 0.5) is 0 Å². The number of hydrogen-bond donors (Lipinski definition) is 2. The number of allylic oxidation sites excluding steroid dienone is 1. The topological polar surface area (TPSA) is 101 Å². The first-order valence-electron chi connectivity index (χ1n) is 5.72. The van der Waals surface area contributed by atoms with Gasteiger partial charge in [-0.3, -0.25) is 9.78 Å². The summed E-state index contributed by atoms with van der Waals surface area (Å²) in [6.45, 7) is 0. The molecule has 0 aliphatic carbocycles. The van der Waals surface area contributed by atoms with Gasteiger partial charge in [0.1, 0.15) is 0 Å². The SMILES string of the molecule is O=C(O)C(O)=CC(=O)c1cc(Cc2ccccn2)co1. The molecule has 0 aliphatic rings. The van der Waals surface area contributed by atoms with Crippen LogP contribution in [0.15, 0.2) is 53.0 Å². The van der Waals surface area contributed by atoms with E-state index in [1.54, 1.807) is 12.3 Å². The molecule has 0 aromatic carbocycles. The van der Waals surface area contributed by atoms with E-state index >= 15 is 0 Å². The van der Waals surface area contributed by atoms with Crippen molar-refractivity contribution in [3.05, 3.63) is 65.6 Å². The first-order chi connectivity index (χ1) is 9.56. The highest BCUT2D eigenvalue weighted by Gasteiger charge is 2.13. The maximum Gasteiger partial charge on any atom is 0.371 e. The van der Waals surface area contributed by atoms with Gasteiger partial charge in [0.25, 0.3) is 0 Å². The highest BCUT2D eigenvalue weighted by Crippen LogP contribution is 2.13. The number of hydrogen-bond acceptors (Lipinski definition) is 5. The first kappa shape index (κ1) is 13.5. The number of carboxylic acid groups (broad SMARTS) is 1. The molecule has 0 unspecified atom stereocenters. The number of aliphatic hydroxyl groups excluding tert-OH is 1. The summed E-state index contributed by atoms with van der Waals surface area (Å²) in [5.74, 6) is -3.35. The number of aliphatic carboxylic acids is 1. The molecule has 6 nitrogen and oxygen atoms in total. The molecule has 0 spiro atoms. The van der Waals surface area contributed by atoms with Crippen LogP contribution >= 0.6 is 0 Å². The Labute approximate surface area is 114 Å². The minimum atomic E-state index is -1.57. The Morgan fingerprint density at radius 2 is 2.10 bits per heavy atom. The molecule has 2 heterocycles. The molecule has 0 saturated carbocycles. The van der Waals surface area contributed by atoms with Gasteiger partial charge in [-0.1, -0.05) is 6.07 Å². The molecule has 6 heteroatoms. The third kappa shape index (κ3) is 3.32. The van der Waals surface area contributed by atoms with Crippen LogP contribution in [0.5, 0.6) is 0 Å². The summed E-state index contributed by atoms with van der Waals surface area (Å²) >= 11 is 0. The highest BCUT2D eigenvalue weighted by atomic mass is 16.4. The second-order valence-electron chi connectivity index (χ2n) is 4.02. The van der Waals surface area contributed by atoms with Crippen LogP contribution in [0.25, 0.3) is 0 Å². The van der Waals surface area contributed by atoms with Gasteiger partial charge in [0, 0.05) is 24.4 Å². The Balaban J connectivity index is 2.11. The zero-order chi connectivity index (χ0) is 14.5. The minimum absolute atomic E-state index is 0.0382. The maximum atomic E-state index is 11.6. The summed E-state index contributed by atoms with van der Waals surface area (Å²) in [6.07, 6.45) is 4.15. The van der Waals surface area contributed by atoms with E-state index in [9.17, 15) is 9.59 Å². The summed E-state index contributed by atoms with van der Waals surface area (Å²) < 4.78 is 5.05. The largest absolute Gasteiger partial charge is 0.502 e. The van der Waals surface area contributed by atoms with Crippen LogP contribution < -0.4 is 0 Å². The number of aromatic nitrogens is 1. The number of carbonyl (C=O) groups is 2. The zero-order valence-corrected chi connectivity index (χ0v) is 10.3. The second-order valence-corrected chi connectivity index (χ2v) is 4.02. The van der Waals surface area contributed by atoms with Crippen molar-refractivity contribution in [2.75, 3.05) is 0 Å². The Morgan fingerprint density at radius 3 is 2.75 bits per heavy atom. The summed E-state index contributed by atoms with van der Waals surface area (Å²) in [6, 6.07) is 6.97.